The molecule has 0 aliphatic heterocycles. The molecule has 2 heterocycles. The molecular formula is C8H4ClN3O3. The number of halogens is 1. The smallest absolute Gasteiger partial charge is 0.358 e. The van der Waals surface area contributed by atoms with E-state index in [1.807, 2.05) is 0 Å². The molecule has 0 unspecified atom stereocenters. The zero-order valence-electron chi connectivity index (χ0n) is 7.22. The minimum absolute atomic E-state index is 0.200. The molecule has 2 aromatic rings. The molecule has 2 rings (SSSR count). The Balaban J connectivity index is 2.90. The highest BCUT2D eigenvalue weighted by atomic mass is 35.5. The van der Waals surface area contributed by atoms with E-state index in [1.54, 1.807) is 12.1 Å². The Morgan fingerprint density at radius 3 is 2.93 bits per heavy atom. The molecule has 15 heavy (non-hydrogen) atoms. The number of carbonyl (C=O) groups is 1. The van der Waals surface area contributed by atoms with Crippen molar-refractivity contribution in [1.29, 1.82) is 0 Å². The van der Waals surface area contributed by atoms with Gasteiger partial charge in [0.25, 0.3) is 0 Å². The first-order valence-corrected chi connectivity index (χ1v) is 4.26. The van der Waals surface area contributed by atoms with Gasteiger partial charge < -0.3 is 5.11 Å². The SMILES string of the molecule is O=Nc1c(C(=O)O)nc2c(Cl)cccn12. The van der Waals surface area contributed by atoms with Gasteiger partial charge in [-0.3, -0.25) is 4.40 Å². The summed E-state index contributed by atoms with van der Waals surface area (Å²) in [5.41, 5.74) is -0.204. The van der Waals surface area contributed by atoms with Crippen LogP contribution in [-0.4, -0.2) is 20.5 Å². The molecule has 0 amide bonds. The van der Waals surface area contributed by atoms with Gasteiger partial charge in [0.15, 0.2) is 11.3 Å². The molecule has 0 bridgehead atoms. The molecule has 0 saturated carbocycles. The van der Waals surface area contributed by atoms with Crippen LogP contribution in [0.2, 0.25) is 5.02 Å². The van der Waals surface area contributed by atoms with Crippen molar-refractivity contribution in [2.24, 2.45) is 5.18 Å². The van der Waals surface area contributed by atoms with Crippen LogP contribution >= 0.6 is 11.6 Å². The van der Waals surface area contributed by atoms with E-state index in [0.717, 1.165) is 0 Å². The van der Waals surface area contributed by atoms with E-state index < -0.39 is 11.7 Å². The monoisotopic (exact) mass is 225 g/mol. The quantitative estimate of drug-likeness (QED) is 0.793. The Bertz CT molecular complexity index is 564. The zero-order valence-corrected chi connectivity index (χ0v) is 7.97. The van der Waals surface area contributed by atoms with Crippen molar-refractivity contribution in [2.75, 3.05) is 0 Å². The van der Waals surface area contributed by atoms with Crippen molar-refractivity contribution in [1.82, 2.24) is 9.38 Å². The standard InChI is InChI=1S/C8H4ClN3O3/c9-4-2-1-3-12-6(4)10-5(8(13)14)7(12)11-15/h1-3H,(H,13,14). The fraction of sp³-hybridized carbons (Fsp3) is 0. The molecule has 1 N–H and O–H groups in total. The van der Waals surface area contributed by atoms with Crippen LogP contribution in [0.25, 0.3) is 5.65 Å². The first kappa shape index (κ1) is 9.60. The van der Waals surface area contributed by atoms with Gasteiger partial charge in [-0.2, -0.15) is 0 Å². The molecule has 2 aromatic heterocycles. The highest BCUT2D eigenvalue weighted by molar-refractivity contribution is 6.33. The Hall–Kier alpha value is -1.95. The van der Waals surface area contributed by atoms with Crippen molar-refractivity contribution in [2.45, 2.75) is 0 Å². The fourth-order valence-electron chi connectivity index (χ4n) is 1.25. The Labute approximate surface area is 88.1 Å². The molecule has 0 spiro atoms. The van der Waals surface area contributed by atoms with Crippen LogP contribution in [0.3, 0.4) is 0 Å². The van der Waals surface area contributed by atoms with Crippen LogP contribution < -0.4 is 0 Å². The van der Waals surface area contributed by atoms with Crippen molar-refractivity contribution in [3.8, 4) is 0 Å². The van der Waals surface area contributed by atoms with Gasteiger partial charge in [-0.25, -0.2) is 9.78 Å². The number of hydrogen-bond acceptors (Lipinski definition) is 4. The number of fused-ring (bicyclic) bond motifs is 1. The maximum absolute atomic E-state index is 10.7. The van der Waals surface area contributed by atoms with Gasteiger partial charge in [0.05, 0.1) is 5.02 Å². The first-order valence-electron chi connectivity index (χ1n) is 3.88. The summed E-state index contributed by atoms with van der Waals surface area (Å²) in [5.74, 6) is -1.58. The normalized spacial score (nSPS) is 10.5. The number of aromatic nitrogens is 2. The van der Waals surface area contributed by atoms with Crippen LogP contribution in [0.1, 0.15) is 10.5 Å². The predicted octanol–water partition coefficient (Wildman–Crippen LogP) is 2.08. The summed E-state index contributed by atoms with van der Waals surface area (Å²) in [6, 6.07) is 3.11. The molecular weight excluding hydrogens is 222 g/mol. The van der Waals surface area contributed by atoms with Crippen molar-refractivity contribution < 1.29 is 9.90 Å². The van der Waals surface area contributed by atoms with E-state index in [-0.39, 0.29) is 16.5 Å². The molecule has 0 saturated heterocycles. The average Bonchev–Trinajstić information content (AvgIpc) is 2.57. The van der Waals surface area contributed by atoms with Crippen LogP contribution in [0, 0.1) is 4.91 Å². The number of rotatable bonds is 2. The molecule has 6 nitrogen and oxygen atoms in total. The van der Waals surface area contributed by atoms with E-state index in [4.69, 9.17) is 16.7 Å². The molecule has 0 aliphatic rings. The lowest BCUT2D eigenvalue weighted by Gasteiger charge is -1.94. The summed E-state index contributed by atoms with van der Waals surface area (Å²) in [6.45, 7) is 0. The maximum atomic E-state index is 10.7. The maximum Gasteiger partial charge on any atom is 0.358 e. The molecule has 0 aromatic carbocycles. The summed E-state index contributed by atoms with van der Waals surface area (Å²) < 4.78 is 1.23. The molecule has 0 radical (unpaired) electrons. The lowest BCUT2D eigenvalue weighted by atomic mass is 10.4. The Morgan fingerprint density at radius 1 is 1.60 bits per heavy atom. The summed E-state index contributed by atoms with van der Waals surface area (Å²) in [5, 5.41) is 11.7. The zero-order chi connectivity index (χ0) is 11.0. The van der Waals surface area contributed by atoms with Gasteiger partial charge in [-0.05, 0) is 17.3 Å². The lowest BCUT2D eigenvalue weighted by molar-refractivity contribution is 0.0692. The van der Waals surface area contributed by atoms with Gasteiger partial charge in [-0.1, -0.05) is 11.6 Å². The molecule has 0 aliphatic carbocycles. The number of hydrogen-bond donors (Lipinski definition) is 1. The molecule has 7 heteroatoms. The van der Waals surface area contributed by atoms with Crippen molar-refractivity contribution >= 4 is 29.0 Å². The third-order valence-electron chi connectivity index (χ3n) is 1.87. The Kier molecular flexibility index (Phi) is 2.12. The van der Waals surface area contributed by atoms with Gasteiger partial charge in [0, 0.05) is 6.20 Å². The van der Waals surface area contributed by atoms with Gasteiger partial charge >= 0.3 is 5.97 Å². The number of aromatic carboxylic acids is 1. The van der Waals surface area contributed by atoms with Gasteiger partial charge in [0.2, 0.25) is 5.82 Å². The number of carboxylic acids is 1. The second kappa shape index (κ2) is 3.32. The highest BCUT2D eigenvalue weighted by Crippen LogP contribution is 2.25. The largest absolute Gasteiger partial charge is 0.476 e. The number of nitrogens with zero attached hydrogens (tertiary/aromatic N) is 3. The van der Waals surface area contributed by atoms with E-state index >= 15 is 0 Å². The van der Waals surface area contributed by atoms with E-state index in [9.17, 15) is 9.70 Å². The summed E-state index contributed by atoms with van der Waals surface area (Å²) >= 11 is 5.78. The first-order chi connectivity index (χ1) is 7.15. The number of pyridine rings is 1. The average molecular weight is 226 g/mol. The lowest BCUT2D eigenvalue weighted by Crippen LogP contribution is -1.96. The summed E-state index contributed by atoms with van der Waals surface area (Å²) in [6.07, 6.45) is 1.47. The van der Waals surface area contributed by atoms with E-state index in [1.165, 1.54) is 10.6 Å². The number of carboxylic acid groups (broad SMARTS) is 1. The van der Waals surface area contributed by atoms with Crippen molar-refractivity contribution in [3.05, 3.63) is 34.0 Å². The minimum atomic E-state index is -1.32. The minimum Gasteiger partial charge on any atom is -0.476 e. The molecule has 0 fully saturated rings. The highest BCUT2D eigenvalue weighted by Gasteiger charge is 2.19. The van der Waals surface area contributed by atoms with Gasteiger partial charge in [-0.15, -0.1) is 4.91 Å². The second-order valence-electron chi connectivity index (χ2n) is 2.73. The predicted molar refractivity (Wildman–Crippen MR) is 52.6 cm³/mol. The molecule has 0 atom stereocenters. The van der Waals surface area contributed by atoms with E-state index in [2.05, 4.69) is 10.2 Å². The van der Waals surface area contributed by atoms with Crippen LogP contribution in [0.5, 0.6) is 0 Å². The number of nitroso groups, excluding NO2 is 1. The fourth-order valence-corrected chi connectivity index (χ4v) is 1.46. The summed E-state index contributed by atoms with van der Waals surface area (Å²) in [4.78, 5) is 25.0. The van der Waals surface area contributed by atoms with Crippen LogP contribution in [0.15, 0.2) is 23.5 Å². The van der Waals surface area contributed by atoms with Crippen molar-refractivity contribution in [3.63, 3.8) is 0 Å². The third kappa shape index (κ3) is 1.35. The Morgan fingerprint density at radius 2 is 2.33 bits per heavy atom. The molecule has 76 valence electrons. The topological polar surface area (TPSA) is 84.0 Å². The van der Waals surface area contributed by atoms with E-state index in [0.29, 0.717) is 0 Å². The summed E-state index contributed by atoms with van der Waals surface area (Å²) in [7, 11) is 0. The number of imidazole rings is 1. The third-order valence-corrected chi connectivity index (χ3v) is 2.16. The second-order valence-corrected chi connectivity index (χ2v) is 3.14. The van der Waals surface area contributed by atoms with Crippen LogP contribution in [0.4, 0.5) is 5.82 Å². The van der Waals surface area contributed by atoms with Gasteiger partial charge in [0.1, 0.15) is 0 Å². The van der Waals surface area contributed by atoms with Crippen LogP contribution in [-0.2, 0) is 0 Å².